The average Bonchev–Trinajstić information content (AvgIpc) is 2.88. The maximum atomic E-state index is 12.7. The standard InChI is InChI=1S/C30H35N5O/c1-20(24-13-8-10-21-9-4-5-11-25(21)24)35(30(31)36)23-17-15-22(16-18-23)32-29-19-28(34(2)3)26-12-6-7-14-27(26)33-29/h4-14,19-20,22-23H,15-18H2,1-3H3,(H2,31,36)(H,32,33)/t20?,22-,23+. The van der Waals surface area contributed by atoms with E-state index in [9.17, 15) is 4.79 Å². The van der Waals surface area contributed by atoms with Crippen LogP contribution in [-0.2, 0) is 0 Å². The summed E-state index contributed by atoms with van der Waals surface area (Å²) in [7, 11) is 4.12. The minimum absolute atomic E-state index is 0.0899. The Balaban J connectivity index is 1.31. The van der Waals surface area contributed by atoms with Crippen LogP contribution in [0.25, 0.3) is 21.7 Å². The summed E-state index contributed by atoms with van der Waals surface area (Å²) in [5, 5.41) is 7.17. The Morgan fingerprint density at radius 1 is 0.944 bits per heavy atom. The zero-order chi connectivity index (χ0) is 25.2. The van der Waals surface area contributed by atoms with Crippen LogP contribution < -0.4 is 16.0 Å². The molecular weight excluding hydrogens is 446 g/mol. The van der Waals surface area contributed by atoms with Gasteiger partial charge in [-0.3, -0.25) is 0 Å². The topological polar surface area (TPSA) is 74.5 Å². The highest BCUT2D eigenvalue weighted by Gasteiger charge is 2.32. The smallest absolute Gasteiger partial charge is 0.315 e. The Hall–Kier alpha value is -3.80. The summed E-state index contributed by atoms with van der Waals surface area (Å²) < 4.78 is 0. The van der Waals surface area contributed by atoms with Crippen molar-refractivity contribution in [2.75, 3.05) is 24.3 Å². The number of anilines is 2. The van der Waals surface area contributed by atoms with Gasteiger partial charge in [-0.1, -0.05) is 60.7 Å². The number of benzene rings is 3. The van der Waals surface area contributed by atoms with Crippen LogP contribution in [-0.4, -0.2) is 42.1 Å². The average molecular weight is 482 g/mol. The Morgan fingerprint density at radius 3 is 2.33 bits per heavy atom. The van der Waals surface area contributed by atoms with Crippen LogP contribution in [0.3, 0.4) is 0 Å². The van der Waals surface area contributed by atoms with Gasteiger partial charge in [-0.05, 0) is 55.0 Å². The summed E-state index contributed by atoms with van der Waals surface area (Å²) in [6.07, 6.45) is 3.73. The van der Waals surface area contributed by atoms with Crippen LogP contribution >= 0.6 is 0 Å². The van der Waals surface area contributed by atoms with E-state index >= 15 is 0 Å². The van der Waals surface area contributed by atoms with Gasteiger partial charge in [0.15, 0.2) is 0 Å². The number of primary amides is 1. The third-order valence-electron chi connectivity index (χ3n) is 7.56. The number of urea groups is 1. The molecule has 0 spiro atoms. The number of nitrogens with one attached hydrogen (secondary N) is 1. The molecule has 5 rings (SSSR count). The molecule has 1 heterocycles. The summed E-state index contributed by atoms with van der Waals surface area (Å²) >= 11 is 0. The zero-order valence-corrected chi connectivity index (χ0v) is 21.3. The van der Waals surface area contributed by atoms with Gasteiger partial charge in [-0.15, -0.1) is 0 Å². The molecule has 36 heavy (non-hydrogen) atoms. The second-order valence-corrected chi connectivity index (χ2v) is 10.1. The van der Waals surface area contributed by atoms with E-state index in [1.165, 1.54) is 10.8 Å². The lowest BCUT2D eigenvalue weighted by molar-refractivity contribution is 0.134. The first-order valence-corrected chi connectivity index (χ1v) is 12.8. The number of hydrogen-bond donors (Lipinski definition) is 2. The van der Waals surface area contributed by atoms with Gasteiger partial charge in [0, 0.05) is 43.3 Å². The van der Waals surface area contributed by atoms with Crippen LogP contribution in [0.1, 0.15) is 44.2 Å². The lowest BCUT2D eigenvalue weighted by Gasteiger charge is -2.40. The van der Waals surface area contributed by atoms with Gasteiger partial charge in [0.05, 0.1) is 11.6 Å². The molecule has 1 aliphatic carbocycles. The van der Waals surface area contributed by atoms with Crippen LogP contribution in [0, 0.1) is 0 Å². The molecule has 1 unspecified atom stereocenters. The predicted octanol–water partition coefficient (Wildman–Crippen LogP) is 6.32. The van der Waals surface area contributed by atoms with Crippen molar-refractivity contribution in [3.8, 4) is 0 Å². The van der Waals surface area contributed by atoms with Gasteiger partial charge in [-0.25, -0.2) is 9.78 Å². The molecule has 0 radical (unpaired) electrons. The lowest BCUT2D eigenvalue weighted by Crippen LogP contribution is -2.47. The Bertz CT molecular complexity index is 1370. The van der Waals surface area contributed by atoms with E-state index in [2.05, 4.69) is 85.8 Å². The molecule has 0 bridgehead atoms. The van der Waals surface area contributed by atoms with E-state index in [0.29, 0.717) is 6.04 Å². The molecule has 3 N–H and O–H groups in total. The van der Waals surface area contributed by atoms with E-state index < -0.39 is 0 Å². The number of aromatic nitrogens is 1. The first-order valence-electron chi connectivity index (χ1n) is 12.8. The SMILES string of the molecule is CC(c1cccc2ccccc12)N(C(N)=O)[C@H]1CC[C@@H](Nc2cc(N(C)C)c3ccccc3n2)CC1. The Kier molecular flexibility index (Phi) is 6.68. The van der Waals surface area contributed by atoms with Crippen molar-refractivity contribution >= 4 is 39.2 Å². The number of carbonyl (C=O) groups excluding carboxylic acids is 1. The van der Waals surface area contributed by atoms with Gasteiger partial charge in [-0.2, -0.15) is 0 Å². The fourth-order valence-corrected chi connectivity index (χ4v) is 5.76. The Labute approximate surface area is 213 Å². The number of nitrogens with two attached hydrogens (primary N) is 1. The molecular formula is C30H35N5O. The summed E-state index contributed by atoms with van der Waals surface area (Å²) in [6, 6.07) is 25.0. The largest absolute Gasteiger partial charge is 0.377 e. The maximum Gasteiger partial charge on any atom is 0.315 e. The van der Waals surface area contributed by atoms with Crippen LogP contribution in [0.5, 0.6) is 0 Å². The quantitative estimate of drug-likeness (QED) is 0.338. The van der Waals surface area contributed by atoms with Crippen molar-refractivity contribution in [1.82, 2.24) is 9.88 Å². The van der Waals surface area contributed by atoms with Gasteiger partial charge < -0.3 is 20.9 Å². The fourth-order valence-electron chi connectivity index (χ4n) is 5.76. The first-order chi connectivity index (χ1) is 17.4. The molecule has 1 saturated carbocycles. The number of fused-ring (bicyclic) bond motifs is 2. The molecule has 0 saturated heterocycles. The number of carbonyl (C=O) groups is 1. The predicted molar refractivity (Wildman–Crippen MR) is 150 cm³/mol. The first kappa shape index (κ1) is 23.9. The van der Waals surface area contributed by atoms with Crippen molar-refractivity contribution in [1.29, 1.82) is 0 Å². The molecule has 4 aromatic rings. The van der Waals surface area contributed by atoms with Gasteiger partial charge in [0.2, 0.25) is 0 Å². The van der Waals surface area contributed by atoms with Crippen LogP contribution in [0.15, 0.2) is 72.8 Å². The van der Waals surface area contributed by atoms with Crippen LogP contribution in [0.2, 0.25) is 0 Å². The number of nitrogens with zero attached hydrogens (tertiary/aromatic N) is 3. The van der Waals surface area contributed by atoms with Crippen LogP contribution in [0.4, 0.5) is 16.3 Å². The molecule has 1 aliphatic rings. The lowest BCUT2D eigenvalue weighted by atomic mass is 9.88. The minimum Gasteiger partial charge on any atom is -0.377 e. The summed E-state index contributed by atoms with van der Waals surface area (Å²) in [5.41, 5.74) is 9.25. The fraction of sp³-hybridized carbons (Fsp3) is 0.333. The molecule has 1 atom stereocenters. The molecule has 3 aromatic carbocycles. The highest BCUT2D eigenvalue weighted by molar-refractivity contribution is 5.93. The van der Waals surface area contributed by atoms with Crippen molar-refractivity contribution in [2.24, 2.45) is 5.73 Å². The summed E-state index contributed by atoms with van der Waals surface area (Å²) in [4.78, 5) is 21.6. The van der Waals surface area contributed by atoms with Gasteiger partial charge >= 0.3 is 6.03 Å². The van der Waals surface area contributed by atoms with E-state index in [-0.39, 0.29) is 18.1 Å². The number of pyridine rings is 1. The Morgan fingerprint density at radius 2 is 1.61 bits per heavy atom. The molecule has 1 aromatic heterocycles. The number of rotatable bonds is 6. The summed E-state index contributed by atoms with van der Waals surface area (Å²) in [6.45, 7) is 2.10. The van der Waals surface area contributed by atoms with E-state index in [4.69, 9.17) is 10.7 Å². The second kappa shape index (κ2) is 10.1. The van der Waals surface area contributed by atoms with E-state index in [0.717, 1.165) is 53.7 Å². The van der Waals surface area contributed by atoms with Crippen molar-refractivity contribution in [2.45, 2.75) is 50.7 Å². The highest BCUT2D eigenvalue weighted by atomic mass is 16.2. The molecule has 186 valence electrons. The van der Waals surface area contributed by atoms with Crippen molar-refractivity contribution < 1.29 is 4.79 Å². The second-order valence-electron chi connectivity index (χ2n) is 10.1. The maximum absolute atomic E-state index is 12.7. The minimum atomic E-state index is -0.348. The van der Waals surface area contributed by atoms with E-state index in [1.54, 1.807) is 0 Å². The van der Waals surface area contributed by atoms with E-state index in [1.807, 2.05) is 23.1 Å². The van der Waals surface area contributed by atoms with Crippen molar-refractivity contribution in [3.05, 3.63) is 78.4 Å². The van der Waals surface area contributed by atoms with Gasteiger partial charge in [0.1, 0.15) is 5.82 Å². The molecule has 2 amide bonds. The normalized spacial score (nSPS) is 18.6. The number of hydrogen-bond acceptors (Lipinski definition) is 4. The van der Waals surface area contributed by atoms with Gasteiger partial charge in [0.25, 0.3) is 0 Å². The molecule has 6 heteroatoms. The number of amides is 2. The third-order valence-corrected chi connectivity index (χ3v) is 7.56. The molecule has 6 nitrogen and oxygen atoms in total. The third kappa shape index (κ3) is 4.68. The monoisotopic (exact) mass is 481 g/mol. The molecule has 1 fully saturated rings. The summed E-state index contributed by atoms with van der Waals surface area (Å²) in [5.74, 6) is 0.900. The van der Waals surface area contributed by atoms with Crippen molar-refractivity contribution in [3.63, 3.8) is 0 Å². The zero-order valence-electron chi connectivity index (χ0n) is 21.3. The number of para-hydroxylation sites is 1. The molecule has 0 aliphatic heterocycles. The highest BCUT2D eigenvalue weighted by Crippen LogP contribution is 2.35.